The third-order valence-electron chi connectivity index (χ3n) is 3.05. The van der Waals surface area contributed by atoms with Crippen molar-refractivity contribution in [3.8, 4) is 5.75 Å². The first kappa shape index (κ1) is 14.4. The Morgan fingerprint density at radius 2 is 1.95 bits per heavy atom. The minimum Gasteiger partial charge on any atom is -0.496 e. The summed E-state index contributed by atoms with van der Waals surface area (Å²) in [6.45, 7) is 0. The van der Waals surface area contributed by atoms with Crippen molar-refractivity contribution in [3.63, 3.8) is 0 Å². The second-order valence-corrected chi connectivity index (χ2v) is 4.25. The number of alkyl halides is 3. The van der Waals surface area contributed by atoms with Crippen molar-refractivity contribution in [2.24, 2.45) is 7.05 Å². The van der Waals surface area contributed by atoms with Gasteiger partial charge in [0.1, 0.15) is 5.75 Å². The van der Waals surface area contributed by atoms with E-state index >= 15 is 0 Å². The van der Waals surface area contributed by atoms with Crippen molar-refractivity contribution in [2.45, 2.75) is 12.3 Å². The Labute approximate surface area is 113 Å². The second kappa shape index (κ2) is 4.86. The number of benzene rings is 1. The molecule has 0 radical (unpaired) electrons. The number of nitrogen functional groups attached to an aromatic ring is 1. The van der Waals surface area contributed by atoms with Crippen LogP contribution in [-0.4, -0.2) is 30.2 Å². The lowest BCUT2D eigenvalue weighted by Gasteiger charge is -2.21. The molecular formula is C12H14F3N3O2. The summed E-state index contributed by atoms with van der Waals surface area (Å²) in [7, 11) is 3.93. The van der Waals surface area contributed by atoms with Crippen LogP contribution in [0.5, 0.6) is 5.75 Å². The molecular weight excluding hydrogens is 275 g/mol. The molecule has 0 bridgehead atoms. The van der Waals surface area contributed by atoms with Crippen LogP contribution >= 0.6 is 0 Å². The van der Waals surface area contributed by atoms with Gasteiger partial charge in [-0.05, 0) is 6.07 Å². The largest absolute Gasteiger partial charge is 0.496 e. The SMILES string of the molecule is COc1c([C@@H](OC)C(F)(F)F)ccc2c1c(N)nn2C. The minimum atomic E-state index is -4.55. The minimum absolute atomic E-state index is 0.0253. The lowest BCUT2D eigenvalue weighted by atomic mass is 10.0. The number of aryl methyl sites for hydroxylation is 1. The Hall–Kier alpha value is -1.96. The molecule has 8 heteroatoms. The molecule has 0 saturated carbocycles. The van der Waals surface area contributed by atoms with Crippen molar-refractivity contribution < 1.29 is 22.6 Å². The van der Waals surface area contributed by atoms with Gasteiger partial charge in [0.15, 0.2) is 11.9 Å². The fourth-order valence-corrected chi connectivity index (χ4v) is 2.23. The number of nitrogens with zero attached hydrogens (tertiary/aromatic N) is 2. The van der Waals surface area contributed by atoms with E-state index < -0.39 is 12.3 Å². The van der Waals surface area contributed by atoms with Crippen molar-refractivity contribution >= 4 is 16.7 Å². The zero-order chi connectivity index (χ0) is 15.1. The first-order valence-corrected chi connectivity index (χ1v) is 5.69. The normalized spacial score (nSPS) is 13.7. The molecule has 0 fully saturated rings. The molecule has 1 aromatic carbocycles. The Balaban J connectivity index is 2.74. The summed E-state index contributed by atoms with van der Waals surface area (Å²) >= 11 is 0. The summed E-state index contributed by atoms with van der Waals surface area (Å²) in [6, 6.07) is 2.82. The first-order valence-electron chi connectivity index (χ1n) is 5.69. The van der Waals surface area contributed by atoms with Gasteiger partial charge in [0.25, 0.3) is 0 Å². The van der Waals surface area contributed by atoms with Gasteiger partial charge < -0.3 is 15.2 Å². The summed E-state index contributed by atoms with van der Waals surface area (Å²) < 4.78 is 50.1. The van der Waals surface area contributed by atoms with Crippen molar-refractivity contribution in [2.75, 3.05) is 20.0 Å². The number of fused-ring (bicyclic) bond motifs is 1. The van der Waals surface area contributed by atoms with E-state index in [0.717, 1.165) is 7.11 Å². The maximum atomic E-state index is 13.0. The molecule has 1 atom stereocenters. The number of ether oxygens (including phenoxy) is 2. The maximum absolute atomic E-state index is 13.0. The zero-order valence-corrected chi connectivity index (χ0v) is 11.2. The van der Waals surface area contributed by atoms with Gasteiger partial charge in [-0.25, -0.2) is 0 Å². The highest BCUT2D eigenvalue weighted by atomic mass is 19.4. The molecule has 1 heterocycles. The van der Waals surface area contributed by atoms with Crippen LogP contribution in [0, 0.1) is 0 Å². The number of anilines is 1. The third kappa shape index (κ3) is 2.15. The fraction of sp³-hybridized carbons (Fsp3) is 0.417. The number of rotatable bonds is 3. The predicted octanol–water partition coefficient (Wildman–Crippen LogP) is 2.41. The van der Waals surface area contributed by atoms with E-state index in [0.29, 0.717) is 10.9 Å². The predicted molar refractivity (Wildman–Crippen MR) is 67.5 cm³/mol. The standard InChI is InChI=1S/C12H14F3N3O2/c1-18-7-5-4-6(10(20-3)12(13,14)15)9(19-2)8(7)11(16)17-18/h4-5,10H,1-3H3,(H2,16,17)/t10-/m1/s1. The lowest BCUT2D eigenvalue weighted by molar-refractivity contribution is -0.216. The number of halogens is 3. The molecule has 2 aromatic rings. The number of nitrogens with two attached hydrogens (primary N) is 1. The molecule has 0 amide bonds. The van der Waals surface area contributed by atoms with Crippen LogP contribution in [-0.2, 0) is 11.8 Å². The third-order valence-corrected chi connectivity index (χ3v) is 3.05. The topological polar surface area (TPSA) is 62.3 Å². The average Bonchev–Trinajstić information content (AvgIpc) is 2.64. The Morgan fingerprint density at radius 1 is 1.30 bits per heavy atom. The van der Waals surface area contributed by atoms with Gasteiger partial charge in [-0.2, -0.15) is 18.3 Å². The van der Waals surface area contributed by atoms with Crippen LogP contribution in [0.15, 0.2) is 12.1 Å². The molecule has 0 aliphatic heterocycles. The Bertz CT molecular complexity index is 637. The summed E-state index contributed by atoms with van der Waals surface area (Å²) in [5, 5.41) is 4.33. The molecule has 0 aliphatic carbocycles. The summed E-state index contributed by atoms with van der Waals surface area (Å²) in [4.78, 5) is 0. The Kier molecular flexibility index (Phi) is 3.51. The first-order chi connectivity index (χ1) is 9.31. The average molecular weight is 289 g/mol. The summed E-state index contributed by atoms with van der Waals surface area (Å²) in [5.74, 6) is 0.135. The van der Waals surface area contributed by atoms with E-state index in [1.54, 1.807) is 7.05 Å². The van der Waals surface area contributed by atoms with E-state index in [4.69, 9.17) is 10.5 Å². The van der Waals surface area contributed by atoms with E-state index in [2.05, 4.69) is 9.84 Å². The highest BCUT2D eigenvalue weighted by Gasteiger charge is 2.43. The molecule has 20 heavy (non-hydrogen) atoms. The number of hydrogen-bond acceptors (Lipinski definition) is 4. The highest BCUT2D eigenvalue weighted by molar-refractivity contribution is 5.95. The molecule has 5 nitrogen and oxygen atoms in total. The van der Waals surface area contributed by atoms with Gasteiger partial charge in [0, 0.05) is 19.7 Å². The molecule has 0 saturated heterocycles. The van der Waals surface area contributed by atoms with E-state index in [1.807, 2.05) is 0 Å². The van der Waals surface area contributed by atoms with Gasteiger partial charge in [-0.1, -0.05) is 6.07 Å². The Morgan fingerprint density at radius 3 is 2.45 bits per heavy atom. The molecule has 1 aromatic heterocycles. The molecule has 0 spiro atoms. The lowest BCUT2D eigenvalue weighted by Crippen LogP contribution is -2.23. The van der Waals surface area contributed by atoms with E-state index in [9.17, 15) is 13.2 Å². The number of hydrogen-bond donors (Lipinski definition) is 1. The highest BCUT2D eigenvalue weighted by Crippen LogP contribution is 2.43. The van der Waals surface area contributed by atoms with Crippen LogP contribution in [0.25, 0.3) is 10.9 Å². The van der Waals surface area contributed by atoms with E-state index in [-0.39, 0.29) is 17.1 Å². The second-order valence-electron chi connectivity index (χ2n) is 4.25. The summed E-state index contributed by atoms with van der Waals surface area (Å²) in [6.07, 6.45) is -6.63. The van der Waals surface area contributed by atoms with Crippen LogP contribution in [0.1, 0.15) is 11.7 Å². The fourth-order valence-electron chi connectivity index (χ4n) is 2.23. The zero-order valence-electron chi connectivity index (χ0n) is 11.2. The van der Waals surface area contributed by atoms with E-state index in [1.165, 1.54) is 23.9 Å². The van der Waals surface area contributed by atoms with Crippen molar-refractivity contribution in [3.05, 3.63) is 17.7 Å². The smallest absolute Gasteiger partial charge is 0.418 e. The molecule has 0 aliphatic rings. The van der Waals surface area contributed by atoms with Crippen LogP contribution < -0.4 is 10.5 Å². The molecule has 0 unspecified atom stereocenters. The van der Waals surface area contributed by atoms with Gasteiger partial charge in [-0.3, -0.25) is 4.68 Å². The van der Waals surface area contributed by atoms with Crippen LogP contribution in [0.2, 0.25) is 0 Å². The van der Waals surface area contributed by atoms with Gasteiger partial charge >= 0.3 is 6.18 Å². The van der Waals surface area contributed by atoms with Crippen LogP contribution in [0.4, 0.5) is 19.0 Å². The van der Waals surface area contributed by atoms with Crippen molar-refractivity contribution in [1.29, 1.82) is 0 Å². The molecule has 2 rings (SSSR count). The maximum Gasteiger partial charge on any atom is 0.418 e. The molecule has 2 N–H and O–H groups in total. The number of aromatic nitrogens is 2. The van der Waals surface area contributed by atoms with Gasteiger partial charge in [-0.15, -0.1) is 0 Å². The van der Waals surface area contributed by atoms with Gasteiger partial charge in [0.05, 0.1) is 18.0 Å². The summed E-state index contributed by atoms with van der Waals surface area (Å²) in [5.41, 5.74) is 6.19. The molecule has 110 valence electrons. The van der Waals surface area contributed by atoms with Crippen LogP contribution in [0.3, 0.4) is 0 Å². The quantitative estimate of drug-likeness (QED) is 0.942. The van der Waals surface area contributed by atoms with Crippen molar-refractivity contribution in [1.82, 2.24) is 9.78 Å². The van der Waals surface area contributed by atoms with Gasteiger partial charge in [0.2, 0.25) is 0 Å². The number of methoxy groups -OCH3 is 2. The monoisotopic (exact) mass is 289 g/mol.